The van der Waals surface area contributed by atoms with Crippen LogP contribution in [0.25, 0.3) is 0 Å². The molecule has 0 bridgehead atoms. The molecular formula is C20H27N5O5S. The van der Waals surface area contributed by atoms with E-state index in [1.165, 1.54) is 13.9 Å². The van der Waals surface area contributed by atoms with Crippen LogP contribution in [-0.4, -0.2) is 79.6 Å². The molecule has 0 unspecified atom stereocenters. The minimum atomic E-state index is -3.71. The van der Waals surface area contributed by atoms with Crippen LogP contribution in [0.1, 0.15) is 21.7 Å². The van der Waals surface area contributed by atoms with Crippen molar-refractivity contribution in [3.05, 3.63) is 41.2 Å². The maximum Gasteiger partial charge on any atom is 0.253 e. The van der Waals surface area contributed by atoms with Crippen LogP contribution in [0.5, 0.6) is 0 Å². The second-order valence-corrected chi connectivity index (χ2v) is 9.37. The lowest BCUT2D eigenvalue weighted by Gasteiger charge is -2.26. The van der Waals surface area contributed by atoms with Crippen LogP contribution in [0, 0.1) is 13.8 Å². The van der Waals surface area contributed by atoms with E-state index in [1.807, 2.05) is 0 Å². The predicted molar refractivity (Wildman–Crippen MR) is 114 cm³/mol. The lowest BCUT2D eigenvalue weighted by Crippen LogP contribution is -2.41. The second-order valence-electron chi connectivity index (χ2n) is 7.50. The molecule has 1 aliphatic heterocycles. The first-order chi connectivity index (χ1) is 14.6. The van der Waals surface area contributed by atoms with Crippen molar-refractivity contribution in [3.63, 3.8) is 0 Å². The van der Waals surface area contributed by atoms with E-state index in [0.717, 1.165) is 0 Å². The topological polar surface area (TPSA) is 114 Å². The SMILES string of the molecule is Cc1nn(CC(=O)Nc2ccc(C(=O)N(C)C)cc2)c(C)c1S(=O)(=O)N1CCOCC1. The number of hydrogen-bond acceptors (Lipinski definition) is 6. The van der Waals surface area contributed by atoms with Crippen LogP contribution < -0.4 is 5.32 Å². The number of aromatic nitrogens is 2. The first kappa shape index (κ1) is 22.9. The fourth-order valence-corrected chi connectivity index (χ4v) is 5.20. The third-order valence-corrected chi connectivity index (χ3v) is 7.15. The van der Waals surface area contributed by atoms with Crippen molar-refractivity contribution in [2.24, 2.45) is 0 Å². The van der Waals surface area contributed by atoms with Gasteiger partial charge in [-0.1, -0.05) is 0 Å². The molecule has 0 aliphatic carbocycles. The van der Waals surface area contributed by atoms with Gasteiger partial charge >= 0.3 is 0 Å². The lowest BCUT2D eigenvalue weighted by atomic mass is 10.2. The van der Waals surface area contributed by atoms with Gasteiger partial charge in [0.05, 0.1) is 24.6 Å². The molecule has 1 aliphatic rings. The number of aryl methyl sites for hydroxylation is 1. The van der Waals surface area contributed by atoms with Gasteiger partial charge in [-0.05, 0) is 38.1 Å². The molecule has 1 saturated heterocycles. The number of sulfonamides is 1. The summed E-state index contributed by atoms with van der Waals surface area (Å²) in [4.78, 5) is 26.1. The summed E-state index contributed by atoms with van der Waals surface area (Å²) in [5, 5.41) is 7.02. The third-order valence-electron chi connectivity index (χ3n) is 5.00. The molecule has 1 aromatic carbocycles. The number of rotatable bonds is 6. The van der Waals surface area contributed by atoms with Gasteiger partial charge in [0.2, 0.25) is 15.9 Å². The molecule has 2 amide bonds. The monoisotopic (exact) mass is 449 g/mol. The van der Waals surface area contributed by atoms with Gasteiger partial charge < -0.3 is 15.0 Å². The number of amides is 2. The van der Waals surface area contributed by atoms with E-state index in [-0.39, 0.29) is 23.3 Å². The molecule has 31 heavy (non-hydrogen) atoms. The van der Waals surface area contributed by atoms with Crippen molar-refractivity contribution in [3.8, 4) is 0 Å². The van der Waals surface area contributed by atoms with Crippen LogP contribution in [0.15, 0.2) is 29.2 Å². The zero-order valence-electron chi connectivity index (χ0n) is 18.1. The molecule has 10 nitrogen and oxygen atoms in total. The van der Waals surface area contributed by atoms with Crippen LogP contribution >= 0.6 is 0 Å². The smallest absolute Gasteiger partial charge is 0.253 e. The minimum absolute atomic E-state index is 0.130. The molecule has 0 atom stereocenters. The maximum atomic E-state index is 13.0. The highest BCUT2D eigenvalue weighted by atomic mass is 32.2. The molecule has 11 heteroatoms. The summed E-state index contributed by atoms with van der Waals surface area (Å²) in [6.45, 7) is 4.42. The highest BCUT2D eigenvalue weighted by Gasteiger charge is 2.32. The summed E-state index contributed by atoms with van der Waals surface area (Å²) in [5.74, 6) is -0.484. The van der Waals surface area contributed by atoms with Crippen molar-refractivity contribution < 1.29 is 22.7 Å². The molecule has 2 aromatic rings. The molecule has 3 rings (SSSR count). The van der Waals surface area contributed by atoms with E-state index >= 15 is 0 Å². The summed E-state index contributed by atoms with van der Waals surface area (Å²) in [7, 11) is -0.382. The molecule has 0 spiro atoms. The van der Waals surface area contributed by atoms with Gasteiger partial charge in [0, 0.05) is 38.4 Å². The van der Waals surface area contributed by atoms with Crippen molar-refractivity contribution in [1.82, 2.24) is 19.0 Å². The molecule has 0 saturated carbocycles. The normalized spacial score (nSPS) is 15.0. The summed E-state index contributed by atoms with van der Waals surface area (Å²) in [6.07, 6.45) is 0. The zero-order chi connectivity index (χ0) is 22.8. The van der Waals surface area contributed by atoms with Gasteiger partial charge in [-0.2, -0.15) is 9.40 Å². The molecule has 168 valence electrons. The van der Waals surface area contributed by atoms with Gasteiger partial charge in [0.15, 0.2) is 0 Å². The Morgan fingerprint density at radius 2 is 1.74 bits per heavy atom. The van der Waals surface area contributed by atoms with Crippen LogP contribution in [0.4, 0.5) is 5.69 Å². The summed E-state index contributed by atoms with van der Waals surface area (Å²) in [5.41, 5.74) is 1.80. The van der Waals surface area contributed by atoms with Crippen LogP contribution in [-0.2, 0) is 26.1 Å². The minimum Gasteiger partial charge on any atom is -0.379 e. The van der Waals surface area contributed by atoms with Crippen LogP contribution in [0.2, 0.25) is 0 Å². The number of ether oxygens (including phenoxy) is 1. The van der Waals surface area contributed by atoms with Gasteiger partial charge in [-0.3, -0.25) is 14.3 Å². The molecule has 0 radical (unpaired) electrons. The number of benzene rings is 1. The largest absolute Gasteiger partial charge is 0.379 e. The highest BCUT2D eigenvalue weighted by Crippen LogP contribution is 2.24. The zero-order valence-corrected chi connectivity index (χ0v) is 18.9. The standard InChI is InChI=1S/C20H27N5O5S/c1-14-19(31(28,29)24-9-11-30-12-10-24)15(2)25(22-14)13-18(26)21-17-7-5-16(6-8-17)20(27)23(3)4/h5-8H,9-13H2,1-4H3,(H,21,26). The molecule has 2 heterocycles. The third kappa shape index (κ3) is 4.94. The summed E-state index contributed by atoms with van der Waals surface area (Å²) < 4.78 is 34.1. The van der Waals surface area contributed by atoms with Gasteiger partial charge in [-0.25, -0.2) is 8.42 Å². The number of hydrogen-bond donors (Lipinski definition) is 1. The number of morpholine rings is 1. The van der Waals surface area contributed by atoms with E-state index in [2.05, 4.69) is 10.4 Å². The van der Waals surface area contributed by atoms with Crippen molar-refractivity contribution in [1.29, 1.82) is 0 Å². The Hall–Kier alpha value is -2.76. The molecule has 1 fully saturated rings. The van der Waals surface area contributed by atoms with Crippen molar-refractivity contribution in [2.75, 3.05) is 45.7 Å². The Labute approximate surface area is 181 Å². The molecule has 1 N–H and O–H groups in total. The Bertz CT molecular complexity index is 1070. The predicted octanol–water partition coefficient (Wildman–Crippen LogP) is 0.861. The highest BCUT2D eigenvalue weighted by molar-refractivity contribution is 7.89. The van der Waals surface area contributed by atoms with Crippen molar-refractivity contribution >= 4 is 27.5 Å². The van der Waals surface area contributed by atoms with E-state index in [1.54, 1.807) is 52.2 Å². The van der Waals surface area contributed by atoms with Gasteiger partial charge in [0.25, 0.3) is 5.91 Å². The Balaban J connectivity index is 1.72. The lowest BCUT2D eigenvalue weighted by molar-refractivity contribution is -0.116. The number of carbonyl (C=O) groups is 2. The summed E-state index contributed by atoms with van der Waals surface area (Å²) in [6, 6.07) is 6.55. The van der Waals surface area contributed by atoms with E-state index < -0.39 is 10.0 Å². The van der Waals surface area contributed by atoms with E-state index in [4.69, 9.17) is 4.74 Å². The van der Waals surface area contributed by atoms with Crippen LogP contribution in [0.3, 0.4) is 0 Å². The Morgan fingerprint density at radius 3 is 2.32 bits per heavy atom. The first-order valence-corrected chi connectivity index (χ1v) is 11.3. The van der Waals surface area contributed by atoms with Crippen molar-refractivity contribution in [2.45, 2.75) is 25.3 Å². The Kier molecular flexibility index (Phi) is 6.77. The quantitative estimate of drug-likeness (QED) is 0.700. The maximum absolute atomic E-state index is 13.0. The van der Waals surface area contributed by atoms with Gasteiger partial charge in [-0.15, -0.1) is 0 Å². The van der Waals surface area contributed by atoms with E-state index in [0.29, 0.717) is 48.9 Å². The van der Waals surface area contributed by atoms with E-state index in [9.17, 15) is 18.0 Å². The Morgan fingerprint density at radius 1 is 1.13 bits per heavy atom. The first-order valence-electron chi connectivity index (χ1n) is 9.84. The average molecular weight is 450 g/mol. The number of anilines is 1. The number of nitrogens with one attached hydrogen (secondary N) is 1. The fourth-order valence-electron chi connectivity index (χ4n) is 3.41. The average Bonchev–Trinajstić information content (AvgIpc) is 3.01. The number of carbonyl (C=O) groups excluding carboxylic acids is 2. The fraction of sp³-hybridized carbons (Fsp3) is 0.450. The van der Waals surface area contributed by atoms with Gasteiger partial charge in [0.1, 0.15) is 11.4 Å². The molecular weight excluding hydrogens is 422 g/mol. The second kappa shape index (κ2) is 9.16. The molecule has 1 aromatic heterocycles. The number of nitrogens with zero attached hydrogens (tertiary/aromatic N) is 4. The summed E-state index contributed by atoms with van der Waals surface area (Å²) >= 11 is 0.